The van der Waals surface area contributed by atoms with Gasteiger partial charge in [0, 0.05) is 5.56 Å². The van der Waals surface area contributed by atoms with Crippen molar-refractivity contribution in [1.82, 2.24) is 5.32 Å². The number of morpholine rings is 1. The number of rotatable bonds is 10. The van der Waals surface area contributed by atoms with E-state index in [4.69, 9.17) is 4.74 Å². The summed E-state index contributed by atoms with van der Waals surface area (Å²) >= 11 is 0. The minimum absolute atomic E-state index is 0. The van der Waals surface area contributed by atoms with Crippen molar-refractivity contribution in [2.75, 3.05) is 39.4 Å². The third-order valence-corrected chi connectivity index (χ3v) is 4.75. The molecule has 142 valence electrons. The Hall–Kier alpha value is -1.10. The molecule has 1 saturated heterocycles. The average molecular weight is 369 g/mol. The van der Waals surface area contributed by atoms with Gasteiger partial charge in [0.05, 0.1) is 26.3 Å². The molecule has 1 aromatic carbocycles. The van der Waals surface area contributed by atoms with Crippen molar-refractivity contribution >= 4 is 5.91 Å². The maximum atomic E-state index is 12.2. The molecule has 1 aliphatic rings. The lowest BCUT2D eigenvalue weighted by molar-refractivity contribution is -0.906. The zero-order valence-corrected chi connectivity index (χ0v) is 16.2. The number of nitrogens with one attached hydrogen (secondary N) is 2. The number of ether oxygens (including phenoxy) is 1. The number of halogens is 1. The van der Waals surface area contributed by atoms with Gasteiger partial charge in [-0.15, -0.1) is 0 Å². The molecular weight excluding hydrogens is 336 g/mol. The molecule has 0 atom stereocenters. The Morgan fingerprint density at radius 2 is 1.76 bits per heavy atom. The van der Waals surface area contributed by atoms with E-state index in [-0.39, 0.29) is 18.3 Å². The Kier molecular flexibility index (Phi) is 11.5. The highest BCUT2D eigenvalue weighted by atomic mass is 35.5. The summed E-state index contributed by atoms with van der Waals surface area (Å²) in [5.74, 6) is 0.0390. The van der Waals surface area contributed by atoms with Crippen molar-refractivity contribution in [2.24, 2.45) is 0 Å². The largest absolute Gasteiger partial charge is 1.00 e. The van der Waals surface area contributed by atoms with Gasteiger partial charge in [-0.25, -0.2) is 0 Å². The van der Waals surface area contributed by atoms with Crippen LogP contribution in [0.1, 0.15) is 54.9 Å². The first-order chi connectivity index (χ1) is 11.8. The monoisotopic (exact) mass is 368 g/mol. The number of amides is 1. The molecule has 2 N–H and O–H groups in total. The summed E-state index contributed by atoms with van der Waals surface area (Å²) in [6.07, 6.45) is 7.63. The average Bonchev–Trinajstić information content (AvgIpc) is 2.63. The van der Waals surface area contributed by atoms with Crippen molar-refractivity contribution in [3.63, 3.8) is 0 Å². The van der Waals surface area contributed by atoms with E-state index >= 15 is 0 Å². The Morgan fingerprint density at radius 1 is 1.08 bits per heavy atom. The van der Waals surface area contributed by atoms with Crippen molar-refractivity contribution in [3.8, 4) is 0 Å². The van der Waals surface area contributed by atoms with E-state index in [1.165, 1.54) is 42.6 Å². The molecule has 1 aromatic rings. The quantitative estimate of drug-likeness (QED) is 0.512. The van der Waals surface area contributed by atoms with Gasteiger partial charge >= 0.3 is 0 Å². The Bertz CT molecular complexity index is 473. The standard InChI is InChI=1S/C20H32N2O2.ClH/c1-2-3-4-5-6-7-18-8-10-19(11-9-18)20(23)21-12-13-22-14-16-24-17-15-22;/h8-11H,2-7,12-17H2,1H3,(H,21,23);1H. The van der Waals surface area contributed by atoms with Crippen LogP contribution in [0.2, 0.25) is 0 Å². The van der Waals surface area contributed by atoms with Crippen LogP contribution in [0.4, 0.5) is 0 Å². The van der Waals surface area contributed by atoms with E-state index in [9.17, 15) is 4.79 Å². The normalized spacial score (nSPS) is 14.8. The van der Waals surface area contributed by atoms with Crippen molar-refractivity contribution in [1.29, 1.82) is 0 Å². The van der Waals surface area contributed by atoms with E-state index < -0.39 is 0 Å². The topological polar surface area (TPSA) is 42.8 Å². The van der Waals surface area contributed by atoms with Crippen LogP contribution in [0.5, 0.6) is 0 Å². The van der Waals surface area contributed by atoms with Crippen LogP contribution < -0.4 is 22.6 Å². The Labute approximate surface area is 158 Å². The predicted octanol–water partition coefficient (Wildman–Crippen LogP) is -1.15. The highest BCUT2D eigenvalue weighted by molar-refractivity contribution is 5.94. The number of carbonyl (C=O) groups excluding carboxylic acids is 1. The molecule has 5 heteroatoms. The second-order valence-electron chi connectivity index (χ2n) is 6.73. The van der Waals surface area contributed by atoms with Crippen molar-refractivity contribution < 1.29 is 26.8 Å². The number of hydrogen-bond acceptors (Lipinski definition) is 2. The van der Waals surface area contributed by atoms with Crippen molar-refractivity contribution in [3.05, 3.63) is 35.4 Å². The highest BCUT2D eigenvalue weighted by Crippen LogP contribution is 2.10. The van der Waals surface area contributed by atoms with Crippen LogP contribution >= 0.6 is 0 Å². The molecule has 1 fully saturated rings. The molecule has 2 rings (SSSR count). The fourth-order valence-corrected chi connectivity index (χ4v) is 3.12. The predicted molar refractivity (Wildman–Crippen MR) is 97.6 cm³/mol. The molecule has 0 radical (unpaired) electrons. The molecule has 0 aromatic heterocycles. The van der Waals surface area contributed by atoms with Crippen LogP contribution in [0.25, 0.3) is 0 Å². The molecule has 0 aliphatic carbocycles. The fraction of sp³-hybridized carbons (Fsp3) is 0.650. The number of unbranched alkanes of at least 4 members (excludes halogenated alkanes) is 4. The van der Waals surface area contributed by atoms with Crippen LogP contribution in [-0.2, 0) is 11.2 Å². The Morgan fingerprint density at radius 3 is 2.44 bits per heavy atom. The molecule has 0 bridgehead atoms. The summed E-state index contributed by atoms with van der Waals surface area (Å²) < 4.78 is 5.35. The van der Waals surface area contributed by atoms with Gasteiger partial charge in [0.15, 0.2) is 0 Å². The van der Waals surface area contributed by atoms with Crippen molar-refractivity contribution in [2.45, 2.75) is 45.4 Å². The molecule has 0 saturated carbocycles. The summed E-state index contributed by atoms with van der Waals surface area (Å²) in [7, 11) is 0. The third-order valence-electron chi connectivity index (χ3n) is 4.75. The first kappa shape index (κ1) is 21.9. The number of quaternary nitrogens is 1. The number of hydrogen-bond donors (Lipinski definition) is 2. The molecule has 25 heavy (non-hydrogen) atoms. The van der Waals surface area contributed by atoms with Gasteiger partial charge in [-0.1, -0.05) is 44.7 Å². The van der Waals surface area contributed by atoms with Gasteiger partial charge in [-0.05, 0) is 30.5 Å². The highest BCUT2D eigenvalue weighted by Gasteiger charge is 2.13. The number of aryl methyl sites for hydroxylation is 1. The van der Waals surface area contributed by atoms with E-state index in [0.717, 1.165) is 51.4 Å². The number of benzene rings is 1. The molecule has 0 unspecified atom stereocenters. The molecule has 1 aliphatic heterocycles. The zero-order chi connectivity index (χ0) is 17.0. The van der Waals surface area contributed by atoms with Gasteiger partial charge in [0.2, 0.25) is 0 Å². The maximum Gasteiger partial charge on any atom is 0.251 e. The SMILES string of the molecule is CCCCCCCc1ccc(C(=O)NCC[NH+]2CCOCC2)cc1.[Cl-]. The second-order valence-corrected chi connectivity index (χ2v) is 6.73. The summed E-state index contributed by atoms with van der Waals surface area (Å²) in [4.78, 5) is 13.7. The first-order valence-electron chi connectivity index (χ1n) is 9.58. The third kappa shape index (κ3) is 8.70. The molecule has 4 nitrogen and oxygen atoms in total. The minimum atomic E-state index is 0. The van der Waals surface area contributed by atoms with Crippen LogP contribution in [0.15, 0.2) is 24.3 Å². The first-order valence-corrected chi connectivity index (χ1v) is 9.58. The minimum Gasteiger partial charge on any atom is -1.00 e. The molecule has 1 amide bonds. The molecular formula is C20H33ClN2O2. The lowest BCUT2D eigenvalue weighted by atomic mass is 10.0. The van der Waals surface area contributed by atoms with E-state index in [1.54, 1.807) is 0 Å². The summed E-state index contributed by atoms with van der Waals surface area (Å²) in [5, 5.41) is 3.03. The zero-order valence-electron chi connectivity index (χ0n) is 15.5. The summed E-state index contributed by atoms with van der Waals surface area (Å²) in [5.41, 5.74) is 2.10. The van der Waals surface area contributed by atoms with Gasteiger partial charge < -0.3 is 27.4 Å². The number of carbonyl (C=O) groups is 1. The second kappa shape index (κ2) is 13.2. The van der Waals surface area contributed by atoms with Crippen LogP contribution in [0.3, 0.4) is 0 Å². The van der Waals surface area contributed by atoms with Gasteiger partial charge in [0.1, 0.15) is 13.1 Å². The van der Waals surface area contributed by atoms with E-state index in [1.807, 2.05) is 12.1 Å². The maximum absolute atomic E-state index is 12.2. The van der Waals surface area contributed by atoms with Crippen LogP contribution in [0, 0.1) is 0 Å². The van der Waals surface area contributed by atoms with E-state index in [0.29, 0.717) is 0 Å². The summed E-state index contributed by atoms with van der Waals surface area (Å²) in [6, 6.07) is 8.11. The molecule has 1 heterocycles. The molecule has 0 spiro atoms. The smallest absolute Gasteiger partial charge is 0.251 e. The summed E-state index contributed by atoms with van der Waals surface area (Å²) in [6.45, 7) is 7.71. The van der Waals surface area contributed by atoms with Gasteiger partial charge in [0.25, 0.3) is 5.91 Å². The lowest BCUT2D eigenvalue weighted by Crippen LogP contribution is -3.14. The fourth-order valence-electron chi connectivity index (χ4n) is 3.12. The van der Waals surface area contributed by atoms with Crippen LogP contribution in [-0.4, -0.2) is 45.3 Å². The van der Waals surface area contributed by atoms with Gasteiger partial charge in [-0.2, -0.15) is 0 Å². The lowest BCUT2D eigenvalue weighted by Gasteiger charge is -2.23. The van der Waals surface area contributed by atoms with E-state index in [2.05, 4.69) is 24.4 Å². The van der Waals surface area contributed by atoms with Gasteiger partial charge in [-0.3, -0.25) is 4.79 Å². The Balaban J connectivity index is 0.00000312.